The van der Waals surface area contributed by atoms with Crippen molar-refractivity contribution in [1.29, 1.82) is 0 Å². The molecule has 0 spiro atoms. The van der Waals surface area contributed by atoms with Crippen LogP contribution in [-0.4, -0.2) is 30.4 Å². The number of nitrogens with one attached hydrogen (secondary N) is 2. The van der Waals surface area contributed by atoms with Crippen LogP contribution < -0.4 is 15.4 Å². The third kappa shape index (κ3) is 5.18. The Balaban J connectivity index is 1.88. The molecule has 0 aliphatic heterocycles. The molecule has 0 saturated heterocycles. The zero-order valence-corrected chi connectivity index (χ0v) is 14.6. The van der Waals surface area contributed by atoms with Gasteiger partial charge in [-0.25, -0.2) is 0 Å². The number of nitro groups is 1. The highest BCUT2D eigenvalue weighted by molar-refractivity contribution is 6.33. The molecule has 0 aliphatic rings. The number of non-ortho nitro benzene ring substituents is 1. The molecule has 2 aromatic rings. The van der Waals surface area contributed by atoms with Crippen molar-refractivity contribution >= 4 is 34.8 Å². The first-order chi connectivity index (χ1) is 12.4. The molecule has 0 atom stereocenters. The third-order valence-corrected chi connectivity index (χ3v) is 3.73. The lowest BCUT2D eigenvalue weighted by Gasteiger charge is -2.09. The van der Waals surface area contributed by atoms with E-state index in [1.165, 1.54) is 25.3 Å². The van der Waals surface area contributed by atoms with Crippen LogP contribution in [0.3, 0.4) is 0 Å². The first-order valence-electron chi connectivity index (χ1n) is 7.56. The predicted molar refractivity (Wildman–Crippen MR) is 96.7 cm³/mol. The molecule has 0 heterocycles. The number of benzene rings is 2. The molecular weight excluding hydrogens is 362 g/mol. The van der Waals surface area contributed by atoms with E-state index in [9.17, 15) is 19.7 Å². The smallest absolute Gasteiger partial charge is 0.271 e. The number of hydrogen-bond donors (Lipinski definition) is 2. The second-order valence-electron chi connectivity index (χ2n) is 5.21. The second kappa shape index (κ2) is 8.82. The zero-order chi connectivity index (χ0) is 19.1. The Morgan fingerprint density at radius 1 is 1.23 bits per heavy atom. The summed E-state index contributed by atoms with van der Waals surface area (Å²) in [6, 6.07) is 10.4. The van der Waals surface area contributed by atoms with Gasteiger partial charge in [-0.3, -0.25) is 19.7 Å². The number of nitro benzene ring substituents is 1. The highest BCUT2D eigenvalue weighted by Crippen LogP contribution is 2.26. The van der Waals surface area contributed by atoms with Gasteiger partial charge in [0, 0.05) is 30.7 Å². The van der Waals surface area contributed by atoms with E-state index in [2.05, 4.69) is 10.6 Å². The Labute approximate surface area is 154 Å². The zero-order valence-electron chi connectivity index (χ0n) is 13.8. The average molecular weight is 378 g/mol. The summed E-state index contributed by atoms with van der Waals surface area (Å²) in [6.07, 6.45) is -0.0191. The lowest BCUT2D eigenvalue weighted by molar-refractivity contribution is -0.384. The summed E-state index contributed by atoms with van der Waals surface area (Å²) in [4.78, 5) is 34.2. The topological polar surface area (TPSA) is 111 Å². The molecule has 0 aliphatic carbocycles. The van der Waals surface area contributed by atoms with Gasteiger partial charge >= 0.3 is 0 Å². The molecule has 136 valence electrons. The molecule has 9 heteroatoms. The molecule has 0 saturated carbocycles. The summed E-state index contributed by atoms with van der Waals surface area (Å²) in [5, 5.41) is 16.1. The maximum atomic E-state index is 12.0. The predicted octanol–water partition coefficient (Wildman–Crippen LogP) is 3.02. The number of amides is 2. The van der Waals surface area contributed by atoms with Gasteiger partial charge in [0.25, 0.3) is 11.6 Å². The molecule has 2 N–H and O–H groups in total. The number of anilines is 1. The van der Waals surface area contributed by atoms with Gasteiger partial charge in [-0.15, -0.1) is 0 Å². The maximum Gasteiger partial charge on any atom is 0.271 e. The van der Waals surface area contributed by atoms with E-state index in [4.69, 9.17) is 16.3 Å². The Kier molecular flexibility index (Phi) is 6.51. The Bertz CT molecular complexity index is 841. The van der Waals surface area contributed by atoms with Crippen LogP contribution >= 0.6 is 11.6 Å². The molecule has 26 heavy (non-hydrogen) atoms. The maximum absolute atomic E-state index is 12.0. The minimum Gasteiger partial charge on any atom is -0.497 e. The summed E-state index contributed by atoms with van der Waals surface area (Å²) in [7, 11) is 1.50. The number of carbonyl (C=O) groups excluding carboxylic acids is 2. The van der Waals surface area contributed by atoms with E-state index in [0.717, 1.165) is 0 Å². The molecule has 2 rings (SSSR count). The monoisotopic (exact) mass is 377 g/mol. The van der Waals surface area contributed by atoms with Gasteiger partial charge in [0.2, 0.25) is 5.91 Å². The van der Waals surface area contributed by atoms with Gasteiger partial charge in [0.1, 0.15) is 5.75 Å². The van der Waals surface area contributed by atoms with Crippen molar-refractivity contribution in [2.45, 2.75) is 6.42 Å². The lowest BCUT2D eigenvalue weighted by Crippen LogP contribution is -2.27. The van der Waals surface area contributed by atoms with E-state index >= 15 is 0 Å². The van der Waals surface area contributed by atoms with Crippen LogP contribution in [0.5, 0.6) is 5.75 Å². The second-order valence-corrected chi connectivity index (χ2v) is 5.61. The molecular formula is C17H16ClN3O5. The molecule has 0 radical (unpaired) electrons. The normalized spacial score (nSPS) is 10.1. The van der Waals surface area contributed by atoms with Gasteiger partial charge in [0.05, 0.1) is 22.7 Å². The van der Waals surface area contributed by atoms with Crippen molar-refractivity contribution in [2.75, 3.05) is 19.0 Å². The Hall–Kier alpha value is -3.13. The SMILES string of the molecule is COc1cccc(C(=O)NCCC(=O)Nc2cc([N+](=O)[O-])ccc2Cl)c1. The van der Waals surface area contributed by atoms with E-state index in [-0.39, 0.29) is 35.3 Å². The van der Waals surface area contributed by atoms with Crippen molar-refractivity contribution in [2.24, 2.45) is 0 Å². The number of halogens is 1. The van der Waals surface area contributed by atoms with Crippen LogP contribution in [0.1, 0.15) is 16.8 Å². The van der Waals surface area contributed by atoms with Crippen LogP contribution in [0, 0.1) is 10.1 Å². The van der Waals surface area contributed by atoms with Crippen molar-refractivity contribution in [1.82, 2.24) is 5.32 Å². The van der Waals surface area contributed by atoms with Crippen molar-refractivity contribution in [3.05, 3.63) is 63.2 Å². The average Bonchev–Trinajstić information content (AvgIpc) is 2.63. The minimum atomic E-state index is -0.583. The van der Waals surface area contributed by atoms with E-state index < -0.39 is 10.8 Å². The first kappa shape index (κ1) is 19.2. The van der Waals surface area contributed by atoms with Crippen LogP contribution in [0.4, 0.5) is 11.4 Å². The molecule has 2 amide bonds. The summed E-state index contributed by atoms with van der Waals surface area (Å²) in [5.41, 5.74) is 0.368. The summed E-state index contributed by atoms with van der Waals surface area (Å²) < 4.78 is 5.05. The van der Waals surface area contributed by atoms with Crippen LogP contribution in [0.15, 0.2) is 42.5 Å². The number of ether oxygens (including phenoxy) is 1. The summed E-state index contributed by atoms with van der Waals surface area (Å²) in [5.74, 6) is -0.223. The molecule has 2 aromatic carbocycles. The van der Waals surface area contributed by atoms with Crippen molar-refractivity contribution < 1.29 is 19.2 Å². The quantitative estimate of drug-likeness (QED) is 0.569. The standard InChI is InChI=1S/C17H16ClN3O5/c1-26-13-4-2-3-11(9-13)17(23)19-8-7-16(22)20-15-10-12(21(24)25)5-6-14(15)18/h2-6,9-10H,7-8H2,1H3,(H,19,23)(H,20,22). The fourth-order valence-corrected chi connectivity index (χ4v) is 2.26. The van der Waals surface area contributed by atoms with Crippen molar-refractivity contribution in [3.8, 4) is 5.75 Å². The first-order valence-corrected chi connectivity index (χ1v) is 7.94. The van der Waals surface area contributed by atoms with Crippen LogP contribution in [0.25, 0.3) is 0 Å². The molecule has 0 bridgehead atoms. The van der Waals surface area contributed by atoms with Gasteiger partial charge in [-0.1, -0.05) is 17.7 Å². The highest BCUT2D eigenvalue weighted by Gasteiger charge is 2.13. The molecule has 0 aromatic heterocycles. The third-order valence-electron chi connectivity index (χ3n) is 3.40. The van der Waals surface area contributed by atoms with Gasteiger partial charge in [-0.2, -0.15) is 0 Å². The number of rotatable bonds is 7. The van der Waals surface area contributed by atoms with E-state index in [1.807, 2.05) is 0 Å². The number of hydrogen-bond acceptors (Lipinski definition) is 5. The fourth-order valence-electron chi connectivity index (χ4n) is 2.09. The summed E-state index contributed by atoms with van der Waals surface area (Å²) >= 11 is 5.92. The molecule has 8 nitrogen and oxygen atoms in total. The lowest BCUT2D eigenvalue weighted by atomic mass is 10.2. The summed E-state index contributed by atoms with van der Waals surface area (Å²) in [6.45, 7) is 0.0917. The van der Waals surface area contributed by atoms with Gasteiger partial charge < -0.3 is 15.4 Å². The minimum absolute atomic E-state index is 0.0191. The number of carbonyl (C=O) groups is 2. The number of methoxy groups -OCH3 is 1. The highest BCUT2D eigenvalue weighted by atomic mass is 35.5. The van der Waals surface area contributed by atoms with E-state index in [0.29, 0.717) is 11.3 Å². The molecule has 0 fully saturated rings. The van der Waals surface area contributed by atoms with Crippen molar-refractivity contribution in [3.63, 3.8) is 0 Å². The Morgan fingerprint density at radius 2 is 2.00 bits per heavy atom. The fraction of sp³-hybridized carbons (Fsp3) is 0.176. The largest absolute Gasteiger partial charge is 0.497 e. The Morgan fingerprint density at radius 3 is 2.69 bits per heavy atom. The molecule has 0 unspecified atom stereocenters. The van der Waals surface area contributed by atoms with E-state index in [1.54, 1.807) is 24.3 Å². The van der Waals surface area contributed by atoms with Gasteiger partial charge in [-0.05, 0) is 24.3 Å². The van der Waals surface area contributed by atoms with Gasteiger partial charge in [0.15, 0.2) is 0 Å². The number of nitrogens with zero attached hydrogens (tertiary/aromatic N) is 1. The van der Waals surface area contributed by atoms with Crippen LogP contribution in [-0.2, 0) is 4.79 Å². The van der Waals surface area contributed by atoms with Crippen LogP contribution in [0.2, 0.25) is 5.02 Å².